The van der Waals surface area contributed by atoms with Crippen molar-refractivity contribution in [3.63, 3.8) is 0 Å². The molecule has 0 aromatic heterocycles. The molecule has 2 N–H and O–H groups in total. The molecule has 4 rings (SSSR count). The number of rotatable bonds is 6. The zero-order chi connectivity index (χ0) is 24.5. The quantitative estimate of drug-likeness (QED) is 0.307. The first-order valence-electron chi connectivity index (χ1n) is 10.7. The van der Waals surface area contributed by atoms with Crippen molar-refractivity contribution in [3.05, 3.63) is 71.1 Å². The average Bonchev–Trinajstić information content (AvgIpc) is 3.13. The molecule has 1 aliphatic heterocycles. The molecular formula is C26H25N2NaO5S. The van der Waals surface area contributed by atoms with E-state index in [0.717, 1.165) is 34.7 Å². The van der Waals surface area contributed by atoms with Crippen LogP contribution in [0.4, 0.5) is 5.69 Å². The Morgan fingerprint density at radius 3 is 2.43 bits per heavy atom. The van der Waals surface area contributed by atoms with Gasteiger partial charge in [0, 0.05) is 17.9 Å². The van der Waals surface area contributed by atoms with Gasteiger partial charge in [-0.2, -0.15) is 18.2 Å². The molecule has 1 heterocycles. The fourth-order valence-electron chi connectivity index (χ4n) is 3.16. The van der Waals surface area contributed by atoms with Crippen LogP contribution in [-0.4, -0.2) is 35.4 Å². The predicted octanol–water partition coefficient (Wildman–Crippen LogP) is 2.42. The Kier molecular flexibility index (Phi) is 11.3. The average molecular weight is 501 g/mol. The van der Waals surface area contributed by atoms with Crippen LogP contribution in [0.15, 0.2) is 64.5 Å². The van der Waals surface area contributed by atoms with Crippen LogP contribution < -0.4 is 44.3 Å². The smallest absolute Gasteiger partial charge is 0.493 e. The Morgan fingerprint density at radius 1 is 1.11 bits per heavy atom. The number of carbonyl (C=O) groups is 2. The minimum atomic E-state index is -0.833. The number of nitrogens with zero attached hydrogens (tertiary/aromatic N) is 1. The van der Waals surface area contributed by atoms with Crippen LogP contribution in [0.5, 0.6) is 11.5 Å². The number of carboxylic acid groups (broad SMARTS) is 1. The van der Waals surface area contributed by atoms with E-state index in [-0.39, 0.29) is 35.5 Å². The Bertz CT molecular complexity index is 1240. The van der Waals surface area contributed by atoms with Crippen LogP contribution in [0, 0.1) is 6.07 Å². The second kappa shape index (κ2) is 13.9. The molecule has 1 fully saturated rings. The summed E-state index contributed by atoms with van der Waals surface area (Å²) in [7, 11) is 0. The van der Waals surface area contributed by atoms with Gasteiger partial charge in [0.1, 0.15) is 11.5 Å². The molecular weight excluding hydrogens is 475 g/mol. The molecule has 0 aliphatic carbocycles. The first-order chi connectivity index (χ1) is 16.4. The first kappa shape index (κ1) is 28.5. The van der Waals surface area contributed by atoms with Crippen molar-refractivity contribution in [2.75, 3.05) is 13.2 Å². The molecule has 0 spiro atoms. The molecule has 0 radical (unpaired) electrons. The van der Waals surface area contributed by atoms with Crippen molar-refractivity contribution >= 4 is 51.3 Å². The van der Waals surface area contributed by atoms with Gasteiger partial charge in [0.25, 0.3) is 11.9 Å². The number of fused-ring (bicyclic) bond motifs is 1. The second-order valence-electron chi connectivity index (χ2n) is 6.99. The topological polar surface area (TPSA) is 97.2 Å². The van der Waals surface area contributed by atoms with Gasteiger partial charge in [0.15, 0.2) is 5.17 Å². The van der Waals surface area contributed by atoms with Crippen LogP contribution >= 0.6 is 11.8 Å². The number of aliphatic imine (C=N–C) groups is 1. The van der Waals surface area contributed by atoms with E-state index >= 15 is 0 Å². The van der Waals surface area contributed by atoms with Gasteiger partial charge in [-0.15, -0.1) is 12.1 Å². The number of amidine groups is 1. The van der Waals surface area contributed by atoms with Crippen LogP contribution in [0.1, 0.15) is 26.3 Å². The molecule has 7 nitrogen and oxygen atoms in total. The summed E-state index contributed by atoms with van der Waals surface area (Å²) in [5.74, 6) is 0.520. The van der Waals surface area contributed by atoms with Crippen LogP contribution in [-0.2, 0) is 9.59 Å². The summed E-state index contributed by atoms with van der Waals surface area (Å²) in [5.41, 5.74) is 1.60. The van der Waals surface area contributed by atoms with Gasteiger partial charge >= 0.3 is 29.6 Å². The minimum Gasteiger partial charge on any atom is -0.493 e. The van der Waals surface area contributed by atoms with Gasteiger partial charge in [0.05, 0.1) is 18.1 Å². The molecule has 35 heavy (non-hydrogen) atoms. The molecule has 0 bridgehead atoms. The number of benzene rings is 3. The monoisotopic (exact) mass is 500 g/mol. The maximum atomic E-state index is 12.5. The van der Waals surface area contributed by atoms with Crippen LogP contribution in [0.3, 0.4) is 0 Å². The van der Waals surface area contributed by atoms with Gasteiger partial charge in [-0.3, -0.25) is 14.6 Å². The van der Waals surface area contributed by atoms with Crippen LogP contribution in [0.2, 0.25) is 0 Å². The van der Waals surface area contributed by atoms with Crippen molar-refractivity contribution in [2.45, 2.75) is 20.8 Å². The van der Waals surface area contributed by atoms with E-state index in [2.05, 4.69) is 16.4 Å². The normalized spacial score (nSPS) is 14.7. The summed E-state index contributed by atoms with van der Waals surface area (Å²) < 4.78 is 11.6. The number of aliphatic carboxylic acids is 1. The molecule has 0 atom stereocenters. The summed E-state index contributed by atoms with van der Waals surface area (Å²) in [6.07, 6.45) is 1.85. The summed E-state index contributed by atoms with van der Waals surface area (Å²) in [4.78, 5) is 26.6. The standard InChI is InChI=1S/C24H21N2O3S.C2H4O2.Na/c1-3-28-20-12-8-9-16-13-17(21(29-4-2)15-19(16)20)14-22-23(27)26-24(30-22)25-18-10-6-5-7-11-18;1-2(3)4;/h6-15H,3-4H2,1-2H3,(H,25,26,27);1H3,(H,3,4);/q-1;;+1. The van der Waals surface area contributed by atoms with E-state index < -0.39 is 5.97 Å². The zero-order valence-electron chi connectivity index (χ0n) is 20.1. The van der Waals surface area contributed by atoms with Crippen molar-refractivity contribution in [1.29, 1.82) is 0 Å². The van der Waals surface area contributed by atoms with Gasteiger partial charge in [-0.1, -0.05) is 12.1 Å². The molecule has 1 amide bonds. The number of nitrogens with one attached hydrogen (secondary N) is 1. The van der Waals surface area contributed by atoms with Gasteiger partial charge in [-0.05, 0) is 61.0 Å². The Morgan fingerprint density at radius 2 is 1.77 bits per heavy atom. The molecule has 3 aromatic rings. The molecule has 9 heteroatoms. The number of hydrogen-bond donors (Lipinski definition) is 2. The van der Waals surface area contributed by atoms with Crippen molar-refractivity contribution < 1.29 is 53.7 Å². The van der Waals surface area contributed by atoms with Crippen molar-refractivity contribution in [2.24, 2.45) is 4.99 Å². The number of carbonyl (C=O) groups excluding carboxylic acids is 1. The van der Waals surface area contributed by atoms with Crippen molar-refractivity contribution in [3.8, 4) is 11.5 Å². The van der Waals surface area contributed by atoms with E-state index in [4.69, 9.17) is 19.4 Å². The summed E-state index contributed by atoms with van der Waals surface area (Å²) in [6, 6.07) is 20.1. The summed E-state index contributed by atoms with van der Waals surface area (Å²) in [5, 5.41) is 12.8. The molecule has 0 unspecified atom stereocenters. The number of hydrogen-bond acceptors (Lipinski definition) is 6. The fourth-order valence-corrected chi connectivity index (χ4v) is 3.99. The van der Waals surface area contributed by atoms with Crippen molar-refractivity contribution in [1.82, 2.24) is 5.32 Å². The summed E-state index contributed by atoms with van der Waals surface area (Å²) >= 11 is 1.31. The molecule has 0 saturated carbocycles. The number of thioether (sulfide) groups is 1. The SMILES string of the molecule is CC(=O)O.CCOc1cc2c(OCC)cccc2cc1C=C1SC(=Nc2cc[c-]cc2)NC1=O.[Na+]. The van der Waals surface area contributed by atoms with Crippen LogP contribution in [0.25, 0.3) is 16.8 Å². The molecule has 176 valence electrons. The number of ether oxygens (including phenoxy) is 2. The fraction of sp³-hybridized carbons (Fsp3) is 0.192. The van der Waals surface area contributed by atoms with Gasteiger partial charge in [0.2, 0.25) is 0 Å². The maximum Gasteiger partial charge on any atom is 1.00 e. The molecule has 1 aliphatic rings. The van der Waals surface area contributed by atoms with Gasteiger partial charge < -0.3 is 19.9 Å². The Balaban J connectivity index is 0.000000804. The van der Waals surface area contributed by atoms with E-state index in [9.17, 15) is 4.79 Å². The first-order valence-corrected chi connectivity index (χ1v) is 11.5. The van der Waals surface area contributed by atoms with E-state index in [1.807, 2.05) is 62.4 Å². The van der Waals surface area contributed by atoms with E-state index in [1.54, 1.807) is 12.1 Å². The third-order valence-corrected chi connectivity index (χ3v) is 5.35. The predicted molar refractivity (Wildman–Crippen MR) is 136 cm³/mol. The minimum absolute atomic E-state index is 0. The second-order valence-corrected chi connectivity index (χ2v) is 8.02. The summed E-state index contributed by atoms with van der Waals surface area (Å²) in [6.45, 7) is 6.10. The zero-order valence-corrected chi connectivity index (χ0v) is 22.9. The largest absolute Gasteiger partial charge is 1.00 e. The number of carboxylic acids is 1. The number of amides is 1. The Hall–Kier alpha value is -2.78. The third-order valence-electron chi connectivity index (χ3n) is 4.44. The Labute approximate surface area is 230 Å². The van der Waals surface area contributed by atoms with Gasteiger partial charge in [-0.25, -0.2) is 0 Å². The third kappa shape index (κ3) is 8.14. The van der Waals surface area contributed by atoms with E-state index in [0.29, 0.717) is 29.0 Å². The molecule has 3 aromatic carbocycles. The maximum absolute atomic E-state index is 12.5. The molecule has 1 saturated heterocycles. The van der Waals surface area contributed by atoms with E-state index in [1.165, 1.54) is 11.8 Å².